The highest BCUT2D eigenvalue weighted by molar-refractivity contribution is 6.01. The van der Waals surface area contributed by atoms with Gasteiger partial charge in [0.05, 0.1) is 5.52 Å². The van der Waals surface area contributed by atoms with Gasteiger partial charge in [0.2, 0.25) is 0 Å². The van der Waals surface area contributed by atoms with Crippen molar-refractivity contribution in [3.63, 3.8) is 0 Å². The number of hydrogen-bond donors (Lipinski definition) is 1. The molecule has 3 rings (SSSR count). The molecule has 1 fully saturated rings. The van der Waals surface area contributed by atoms with E-state index < -0.39 is 11.6 Å². The first-order valence-electron chi connectivity index (χ1n) is 7.91. The predicted octanol–water partition coefficient (Wildman–Crippen LogP) is 2.60. The summed E-state index contributed by atoms with van der Waals surface area (Å²) in [5.41, 5.74) is 0.357. The van der Waals surface area contributed by atoms with Crippen molar-refractivity contribution < 1.29 is 19.4 Å². The number of nitrogens with zero attached hydrogens (tertiary/aromatic N) is 3. The smallest absolute Gasteiger partial charge is 0.410 e. The van der Waals surface area contributed by atoms with Crippen molar-refractivity contribution in [1.82, 2.24) is 14.7 Å². The summed E-state index contributed by atoms with van der Waals surface area (Å²) in [7, 11) is 0. The van der Waals surface area contributed by atoms with E-state index in [-0.39, 0.29) is 17.7 Å². The van der Waals surface area contributed by atoms with Gasteiger partial charge in [0.15, 0.2) is 5.69 Å². The maximum Gasteiger partial charge on any atom is 0.410 e. The zero-order valence-corrected chi connectivity index (χ0v) is 14.0. The number of aromatic nitrogens is 2. The van der Waals surface area contributed by atoms with Gasteiger partial charge in [0, 0.05) is 30.9 Å². The van der Waals surface area contributed by atoms with E-state index >= 15 is 0 Å². The highest BCUT2D eigenvalue weighted by Crippen LogP contribution is 2.24. The summed E-state index contributed by atoms with van der Waals surface area (Å²) in [6.07, 6.45) is -0.310. The molecule has 1 aliphatic rings. The molecule has 7 heteroatoms. The van der Waals surface area contributed by atoms with E-state index in [1.165, 1.54) is 0 Å². The summed E-state index contributed by atoms with van der Waals surface area (Å²) < 4.78 is 7.05. The fourth-order valence-corrected chi connectivity index (χ4v) is 2.83. The summed E-state index contributed by atoms with van der Waals surface area (Å²) in [6, 6.07) is 7.28. The molecule has 128 valence electrons. The summed E-state index contributed by atoms with van der Waals surface area (Å²) >= 11 is 0. The monoisotopic (exact) mass is 331 g/mol. The summed E-state index contributed by atoms with van der Waals surface area (Å²) in [6.45, 7) is 7.27. The van der Waals surface area contributed by atoms with Crippen molar-refractivity contribution in [2.24, 2.45) is 5.92 Å². The number of benzene rings is 1. The number of fused-ring (bicyclic) bond motifs is 1. The number of likely N-dealkylation sites (tertiary alicyclic amines) is 1. The van der Waals surface area contributed by atoms with E-state index in [2.05, 4.69) is 5.10 Å². The second-order valence-corrected chi connectivity index (χ2v) is 7.10. The van der Waals surface area contributed by atoms with Crippen LogP contribution in [0.2, 0.25) is 0 Å². The molecule has 1 amide bonds. The molecule has 24 heavy (non-hydrogen) atoms. The fourth-order valence-electron chi connectivity index (χ4n) is 2.83. The van der Waals surface area contributed by atoms with Gasteiger partial charge in [0.1, 0.15) is 5.60 Å². The molecule has 0 radical (unpaired) electrons. The Kier molecular flexibility index (Phi) is 3.95. The predicted molar refractivity (Wildman–Crippen MR) is 88.0 cm³/mol. The number of carbonyl (C=O) groups is 2. The third-order valence-electron chi connectivity index (χ3n) is 3.90. The molecule has 1 aromatic heterocycles. The van der Waals surface area contributed by atoms with Gasteiger partial charge >= 0.3 is 12.1 Å². The Bertz CT molecular complexity index is 785. The molecule has 1 aromatic carbocycles. The van der Waals surface area contributed by atoms with Crippen LogP contribution in [0.25, 0.3) is 10.9 Å². The van der Waals surface area contributed by atoms with Crippen LogP contribution in [0.4, 0.5) is 4.79 Å². The van der Waals surface area contributed by atoms with Crippen LogP contribution in [0.3, 0.4) is 0 Å². The summed E-state index contributed by atoms with van der Waals surface area (Å²) in [5, 5.41) is 14.1. The largest absolute Gasteiger partial charge is 0.476 e. The molecule has 0 saturated carbocycles. The molecule has 0 spiro atoms. The number of aromatic carboxylic acids is 1. The number of carbonyl (C=O) groups excluding carboxylic acids is 1. The van der Waals surface area contributed by atoms with Gasteiger partial charge in [-0.2, -0.15) is 5.10 Å². The van der Waals surface area contributed by atoms with Crippen LogP contribution in [-0.4, -0.2) is 50.5 Å². The van der Waals surface area contributed by atoms with E-state index in [9.17, 15) is 14.7 Å². The van der Waals surface area contributed by atoms with Crippen LogP contribution in [0, 0.1) is 5.92 Å². The van der Waals surface area contributed by atoms with Crippen LogP contribution in [0.5, 0.6) is 0 Å². The van der Waals surface area contributed by atoms with E-state index in [1.54, 1.807) is 21.7 Å². The lowest BCUT2D eigenvalue weighted by Crippen LogP contribution is -2.52. The zero-order valence-electron chi connectivity index (χ0n) is 14.0. The topological polar surface area (TPSA) is 84.7 Å². The van der Waals surface area contributed by atoms with Crippen molar-refractivity contribution in [2.45, 2.75) is 32.9 Å². The number of ether oxygens (including phenoxy) is 1. The molecule has 7 nitrogen and oxygen atoms in total. The Morgan fingerprint density at radius 2 is 1.96 bits per heavy atom. The van der Waals surface area contributed by atoms with Crippen LogP contribution < -0.4 is 0 Å². The van der Waals surface area contributed by atoms with E-state index in [0.717, 1.165) is 5.52 Å². The number of carboxylic acid groups (broad SMARTS) is 1. The molecule has 2 heterocycles. The highest BCUT2D eigenvalue weighted by Gasteiger charge is 2.34. The Balaban J connectivity index is 1.68. The minimum absolute atomic E-state index is 0.0638. The SMILES string of the molecule is CC(C)(C)OC(=O)N1CC(Cn2nc(C(=O)O)c3ccccc32)C1. The molecule has 1 N–H and O–H groups in total. The molecule has 0 atom stereocenters. The summed E-state index contributed by atoms with van der Waals surface area (Å²) in [4.78, 5) is 24.9. The van der Waals surface area contributed by atoms with E-state index in [4.69, 9.17) is 4.74 Å². The minimum Gasteiger partial charge on any atom is -0.476 e. The number of hydrogen-bond acceptors (Lipinski definition) is 4. The van der Waals surface area contributed by atoms with Gasteiger partial charge in [-0.25, -0.2) is 9.59 Å². The van der Waals surface area contributed by atoms with Crippen LogP contribution in [0.1, 0.15) is 31.3 Å². The second-order valence-electron chi connectivity index (χ2n) is 7.10. The van der Waals surface area contributed by atoms with Gasteiger partial charge in [-0.3, -0.25) is 4.68 Å². The van der Waals surface area contributed by atoms with Gasteiger partial charge < -0.3 is 14.7 Å². The van der Waals surface area contributed by atoms with Gasteiger partial charge in [-0.05, 0) is 26.8 Å². The number of amides is 1. The van der Waals surface area contributed by atoms with Gasteiger partial charge in [-0.1, -0.05) is 18.2 Å². The maximum absolute atomic E-state index is 11.9. The van der Waals surface area contributed by atoms with Crippen molar-refractivity contribution in [2.75, 3.05) is 13.1 Å². The van der Waals surface area contributed by atoms with Crippen molar-refractivity contribution in [3.8, 4) is 0 Å². The summed E-state index contributed by atoms with van der Waals surface area (Å²) in [5.74, 6) is -0.795. The third kappa shape index (κ3) is 3.20. The lowest BCUT2D eigenvalue weighted by atomic mass is 10.0. The third-order valence-corrected chi connectivity index (χ3v) is 3.90. The Labute approximate surface area is 139 Å². The van der Waals surface area contributed by atoms with Gasteiger partial charge in [-0.15, -0.1) is 0 Å². The van der Waals surface area contributed by atoms with E-state index in [0.29, 0.717) is 25.0 Å². The highest BCUT2D eigenvalue weighted by atomic mass is 16.6. The molecular formula is C17H21N3O4. The lowest BCUT2D eigenvalue weighted by molar-refractivity contribution is -0.00364. The van der Waals surface area contributed by atoms with Gasteiger partial charge in [0.25, 0.3) is 0 Å². The molecular weight excluding hydrogens is 310 g/mol. The normalized spacial score (nSPS) is 15.4. The molecule has 2 aromatic rings. The lowest BCUT2D eigenvalue weighted by Gasteiger charge is -2.39. The van der Waals surface area contributed by atoms with E-state index in [1.807, 2.05) is 32.9 Å². The molecule has 0 aliphatic carbocycles. The average molecular weight is 331 g/mol. The maximum atomic E-state index is 11.9. The van der Waals surface area contributed by atoms with Crippen molar-refractivity contribution >= 4 is 23.0 Å². The van der Waals surface area contributed by atoms with Crippen molar-refractivity contribution in [1.29, 1.82) is 0 Å². The van der Waals surface area contributed by atoms with Crippen LogP contribution >= 0.6 is 0 Å². The second kappa shape index (κ2) is 5.81. The Morgan fingerprint density at radius 3 is 2.58 bits per heavy atom. The number of para-hydroxylation sites is 1. The molecule has 1 aliphatic heterocycles. The molecule has 0 bridgehead atoms. The first-order chi connectivity index (χ1) is 11.2. The minimum atomic E-state index is -1.03. The molecule has 0 unspecified atom stereocenters. The van der Waals surface area contributed by atoms with Crippen LogP contribution in [-0.2, 0) is 11.3 Å². The standard InChI is InChI=1S/C17H21N3O4/c1-17(2,3)24-16(23)19-8-11(9-19)10-20-13-7-5-4-6-12(13)14(18-20)15(21)22/h4-7,11H,8-10H2,1-3H3,(H,21,22). The zero-order chi connectivity index (χ0) is 17.5. The van der Waals surface area contributed by atoms with Crippen LogP contribution in [0.15, 0.2) is 24.3 Å². The number of rotatable bonds is 3. The average Bonchev–Trinajstić information content (AvgIpc) is 2.79. The molecule has 1 saturated heterocycles. The first-order valence-corrected chi connectivity index (χ1v) is 7.91. The quantitative estimate of drug-likeness (QED) is 0.934. The number of carboxylic acids is 1. The Hall–Kier alpha value is -2.57. The first kappa shape index (κ1) is 16.3. The fraction of sp³-hybridized carbons (Fsp3) is 0.471. The van der Waals surface area contributed by atoms with Crippen molar-refractivity contribution in [3.05, 3.63) is 30.0 Å². The Morgan fingerprint density at radius 1 is 1.29 bits per heavy atom.